The Balaban J connectivity index is 3.09. The van der Waals surface area contributed by atoms with E-state index in [9.17, 15) is 5.11 Å². The van der Waals surface area contributed by atoms with Gasteiger partial charge in [-0.05, 0) is 18.6 Å². The first-order valence-electron chi connectivity index (χ1n) is 3.83. The van der Waals surface area contributed by atoms with Gasteiger partial charge in [-0.15, -0.1) is 6.58 Å². The molecular formula is C10H13NO. The molecule has 1 aromatic carbocycles. The number of nitrogens with two attached hydrogens (primary N) is 1. The van der Waals surface area contributed by atoms with Crippen molar-refractivity contribution >= 4 is 0 Å². The van der Waals surface area contributed by atoms with E-state index in [0.717, 1.165) is 11.1 Å². The van der Waals surface area contributed by atoms with Crippen molar-refractivity contribution in [2.75, 3.05) is 0 Å². The zero-order chi connectivity index (χ0) is 9.14. The predicted octanol–water partition coefficient (Wildman–Crippen LogP) is 1.89. The third kappa shape index (κ3) is 1.66. The molecule has 1 rings (SSSR count). The van der Waals surface area contributed by atoms with Gasteiger partial charge in [-0.2, -0.15) is 0 Å². The van der Waals surface area contributed by atoms with Crippen LogP contribution in [0.25, 0.3) is 0 Å². The molecule has 0 amide bonds. The Labute approximate surface area is 72.3 Å². The smallest absolute Gasteiger partial charge is 0.120 e. The van der Waals surface area contributed by atoms with Crippen LogP contribution in [0.3, 0.4) is 0 Å². The lowest BCUT2D eigenvalue weighted by Gasteiger charge is -2.08. The predicted molar refractivity (Wildman–Crippen MR) is 50.0 cm³/mol. The second-order valence-electron chi connectivity index (χ2n) is 2.82. The zero-order valence-electron chi connectivity index (χ0n) is 7.12. The van der Waals surface area contributed by atoms with Crippen molar-refractivity contribution in [2.24, 2.45) is 5.73 Å². The van der Waals surface area contributed by atoms with Gasteiger partial charge in [0.1, 0.15) is 5.75 Å². The van der Waals surface area contributed by atoms with Gasteiger partial charge >= 0.3 is 0 Å². The van der Waals surface area contributed by atoms with Gasteiger partial charge in [0.05, 0.1) is 6.04 Å². The molecule has 1 atom stereocenters. The average Bonchev–Trinajstić information content (AvgIpc) is 2.03. The van der Waals surface area contributed by atoms with Crippen LogP contribution in [0.5, 0.6) is 5.75 Å². The van der Waals surface area contributed by atoms with Crippen molar-refractivity contribution in [3.05, 3.63) is 42.0 Å². The molecule has 0 fully saturated rings. The molecule has 0 aliphatic heterocycles. The summed E-state index contributed by atoms with van der Waals surface area (Å²) in [7, 11) is 0. The van der Waals surface area contributed by atoms with Gasteiger partial charge in [0.2, 0.25) is 0 Å². The topological polar surface area (TPSA) is 46.2 Å². The molecule has 0 radical (unpaired) electrons. The van der Waals surface area contributed by atoms with E-state index in [1.54, 1.807) is 12.1 Å². The fourth-order valence-electron chi connectivity index (χ4n) is 1.06. The fourth-order valence-corrected chi connectivity index (χ4v) is 1.06. The third-order valence-corrected chi connectivity index (χ3v) is 1.80. The molecule has 0 saturated heterocycles. The first-order chi connectivity index (χ1) is 5.65. The van der Waals surface area contributed by atoms with Crippen LogP contribution in [0.2, 0.25) is 0 Å². The van der Waals surface area contributed by atoms with Gasteiger partial charge in [0.25, 0.3) is 0 Å². The van der Waals surface area contributed by atoms with Gasteiger partial charge in [-0.3, -0.25) is 0 Å². The number of phenolic OH excluding ortho intramolecular Hbond substituents is 1. The van der Waals surface area contributed by atoms with E-state index in [4.69, 9.17) is 5.73 Å². The van der Waals surface area contributed by atoms with Crippen molar-refractivity contribution in [3.63, 3.8) is 0 Å². The van der Waals surface area contributed by atoms with E-state index in [1.165, 1.54) is 0 Å². The quantitative estimate of drug-likeness (QED) is 0.654. The summed E-state index contributed by atoms with van der Waals surface area (Å²) in [5, 5.41) is 9.47. The Kier molecular flexibility index (Phi) is 2.51. The van der Waals surface area contributed by atoms with Crippen LogP contribution in [-0.2, 0) is 0 Å². The lowest BCUT2D eigenvalue weighted by Crippen LogP contribution is -2.06. The van der Waals surface area contributed by atoms with Crippen LogP contribution >= 0.6 is 0 Å². The van der Waals surface area contributed by atoms with Gasteiger partial charge < -0.3 is 10.8 Å². The van der Waals surface area contributed by atoms with Crippen LogP contribution in [0.15, 0.2) is 30.9 Å². The number of hydrogen-bond acceptors (Lipinski definition) is 2. The van der Waals surface area contributed by atoms with Crippen molar-refractivity contribution in [1.82, 2.24) is 0 Å². The molecule has 12 heavy (non-hydrogen) atoms. The Morgan fingerprint density at radius 1 is 1.58 bits per heavy atom. The number of hydrogen-bond donors (Lipinski definition) is 2. The van der Waals surface area contributed by atoms with E-state index >= 15 is 0 Å². The SMILES string of the molecule is C=CC(N)c1ccc(C)cc1O. The molecule has 1 unspecified atom stereocenters. The highest BCUT2D eigenvalue weighted by atomic mass is 16.3. The van der Waals surface area contributed by atoms with Crippen LogP contribution in [0.1, 0.15) is 17.2 Å². The lowest BCUT2D eigenvalue weighted by molar-refractivity contribution is 0.465. The largest absolute Gasteiger partial charge is 0.508 e. The van der Waals surface area contributed by atoms with Crippen molar-refractivity contribution in [3.8, 4) is 5.75 Å². The Bertz CT molecular complexity index is 294. The van der Waals surface area contributed by atoms with Crippen molar-refractivity contribution in [1.29, 1.82) is 0 Å². The molecule has 0 aliphatic carbocycles. The maximum absolute atomic E-state index is 9.47. The summed E-state index contributed by atoms with van der Waals surface area (Å²) in [6.45, 7) is 5.48. The molecule has 2 heteroatoms. The van der Waals surface area contributed by atoms with Crippen LogP contribution < -0.4 is 5.73 Å². The first-order valence-corrected chi connectivity index (χ1v) is 3.83. The van der Waals surface area contributed by atoms with Gasteiger partial charge in [0, 0.05) is 5.56 Å². The van der Waals surface area contributed by atoms with Gasteiger partial charge in [0.15, 0.2) is 0 Å². The first kappa shape index (κ1) is 8.81. The maximum Gasteiger partial charge on any atom is 0.120 e. The molecule has 0 heterocycles. The van der Waals surface area contributed by atoms with E-state index in [0.29, 0.717) is 0 Å². The summed E-state index contributed by atoms with van der Waals surface area (Å²) in [4.78, 5) is 0. The molecule has 1 aromatic rings. The van der Waals surface area contributed by atoms with Gasteiger partial charge in [-0.25, -0.2) is 0 Å². The van der Waals surface area contributed by atoms with Gasteiger partial charge in [-0.1, -0.05) is 18.2 Å². The standard InChI is InChI=1S/C10H13NO/c1-3-9(11)8-5-4-7(2)6-10(8)12/h3-6,9,12H,1,11H2,2H3. The number of aryl methyl sites for hydroxylation is 1. The average molecular weight is 163 g/mol. The van der Waals surface area contributed by atoms with E-state index in [1.807, 2.05) is 19.1 Å². The van der Waals surface area contributed by atoms with Crippen LogP contribution in [0, 0.1) is 6.92 Å². The minimum atomic E-state index is -0.286. The second-order valence-corrected chi connectivity index (χ2v) is 2.82. The lowest BCUT2D eigenvalue weighted by atomic mass is 10.0. The molecule has 0 aromatic heterocycles. The number of benzene rings is 1. The number of rotatable bonds is 2. The molecule has 64 valence electrons. The second kappa shape index (κ2) is 3.41. The number of phenols is 1. The minimum absolute atomic E-state index is 0.238. The summed E-state index contributed by atoms with van der Waals surface area (Å²) >= 11 is 0. The Hall–Kier alpha value is -1.28. The summed E-state index contributed by atoms with van der Waals surface area (Å²) < 4.78 is 0. The van der Waals surface area contributed by atoms with E-state index in [2.05, 4.69) is 6.58 Å². The molecule has 3 N–H and O–H groups in total. The highest BCUT2D eigenvalue weighted by Gasteiger charge is 2.06. The maximum atomic E-state index is 9.47. The summed E-state index contributed by atoms with van der Waals surface area (Å²) in [6, 6.07) is 5.14. The summed E-state index contributed by atoms with van der Waals surface area (Å²) in [5.41, 5.74) is 7.41. The highest BCUT2D eigenvalue weighted by Crippen LogP contribution is 2.23. The number of aromatic hydroxyl groups is 1. The molecule has 2 nitrogen and oxygen atoms in total. The van der Waals surface area contributed by atoms with Crippen molar-refractivity contribution in [2.45, 2.75) is 13.0 Å². The Morgan fingerprint density at radius 2 is 2.25 bits per heavy atom. The normalized spacial score (nSPS) is 12.5. The zero-order valence-corrected chi connectivity index (χ0v) is 7.12. The Morgan fingerprint density at radius 3 is 2.75 bits per heavy atom. The molecule has 0 spiro atoms. The minimum Gasteiger partial charge on any atom is -0.508 e. The molecule has 0 saturated carbocycles. The van der Waals surface area contributed by atoms with Crippen LogP contribution in [-0.4, -0.2) is 5.11 Å². The van der Waals surface area contributed by atoms with Crippen molar-refractivity contribution < 1.29 is 5.11 Å². The third-order valence-electron chi connectivity index (χ3n) is 1.80. The van der Waals surface area contributed by atoms with E-state index in [-0.39, 0.29) is 11.8 Å². The summed E-state index contributed by atoms with van der Waals surface area (Å²) in [6.07, 6.45) is 1.60. The molecular weight excluding hydrogens is 150 g/mol. The summed E-state index contributed by atoms with van der Waals surface area (Å²) in [5.74, 6) is 0.238. The molecule has 0 bridgehead atoms. The fraction of sp³-hybridized carbons (Fsp3) is 0.200. The highest BCUT2D eigenvalue weighted by molar-refractivity contribution is 5.39. The van der Waals surface area contributed by atoms with E-state index < -0.39 is 0 Å². The molecule has 0 aliphatic rings. The van der Waals surface area contributed by atoms with Crippen LogP contribution in [0.4, 0.5) is 0 Å². The monoisotopic (exact) mass is 163 g/mol.